The Morgan fingerprint density at radius 2 is 1.88 bits per heavy atom. The minimum Gasteiger partial charge on any atom is -0.494 e. The van der Waals surface area contributed by atoms with E-state index in [1.165, 1.54) is 0 Å². The van der Waals surface area contributed by atoms with E-state index in [0.29, 0.717) is 24.5 Å². The molecule has 5 nitrogen and oxygen atoms in total. The van der Waals surface area contributed by atoms with Gasteiger partial charge in [-0.15, -0.1) is 0 Å². The van der Waals surface area contributed by atoms with Crippen LogP contribution in [0.25, 0.3) is 10.9 Å². The van der Waals surface area contributed by atoms with Gasteiger partial charge in [-0.05, 0) is 43.3 Å². The number of hydrogen-bond donors (Lipinski definition) is 0. The Morgan fingerprint density at radius 3 is 2.62 bits per heavy atom. The second-order valence-electron chi connectivity index (χ2n) is 5.68. The van der Waals surface area contributed by atoms with Gasteiger partial charge < -0.3 is 9.64 Å². The van der Waals surface area contributed by atoms with Crippen LogP contribution >= 0.6 is 0 Å². The van der Waals surface area contributed by atoms with E-state index in [9.17, 15) is 4.79 Å². The minimum absolute atomic E-state index is 0.227. The molecule has 0 aliphatic rings. The van der Waals surface area contributed by atoms with E-state index >= 15 is 0 Å². The van der Waals surface area contributed by atoms with Gasteiger partial charge in [0.25, 0.3) is 5.91 Å². The van der Waals surface area contributed by atoms with Crippen molar-refractivity contribution in [3.05, 3.63) is 66.4 Å². The molecule has 0 aliphatic carbocycles. The van der Waals surface area contributed by atoms with Crippen molar-refractivity contribution in [2.45, 2.75) is 13.3 Å². The number of carbonyl (C=O) groups excluding carboxylic acids is 1. The van der Waals surface area contributed by atoms with Gasteiger partial charge in [-0.25, -0.2) is 4.98 Å². The summed E-state index contributed by atoms with van der Waals surface area (Å²) in [5.74, 6) is 0.517. The van der Waals surface area contributed by atoms with Gasteiger partial charge in [0.15, 0.2) is 0 Å². The fourth-order valence-corrected chi connectivity index (χ4v) is 2.72. The molecule has 0 atom stereocenters. The maximum atomic E-state index is 13.0. The van der Waals surface area contributed by atoms with Crippen molar-refractivity contribution < 1.29 is 9.53 Å². The maximum absolute atomic E-state index is 13.0. The molecule has 0 saturated carbocycles. The Labute approximate surface area is 152 Å². The SMILES string of the molecule is CCOc1ccc(N(CCC#N)C(=O)c2ccc3ccccc3n2)cc1. The Bertz CT molecular complexity index is 945. The lowest BCUT2D eigenvalue weighted by atomic mass is 10.2. The molecule has 0 unspecified atom stereocenters. The number of pyridine rings is 1. The summed E-state index contributed by atoms with van der Waals surface area (Å²) in [6.45, 7) is 2.80. The summed E-state index contributed by atoms with van der Waals surface area (Å²) in [4.78, 5) is 19.1. The van der Waals surface area contributed by atoms with Crippen molar-refractivity contribution in [1.29, 1.82) is 5.26 Å². The Kier molecular flexibility index (Phi) is 5.45. The first-order valence-corrected chi connectivity index (χ1v) is 8.50. The molecular weight excluding hydrogens is 326 g/mol. The fourth-order valence-electron chi connectivity index (χ4n) is 2.72. The van der Waals surface area contributed by atoms with E-state index in [4.69, 9.17) is 10.00 Å². The number of aromatic nitrogens is 1. The monoisotopic (exact) mass is 345 g/mol. The third-order valence-corrected chi connectivity index (χ3v) is 3.97. The largest absolute Gasteiger partial charge is 0.494 e. The standard InChI is InChI=1S/C21H19N3O2/c1-2-26-18-11-9-17(10-12-18)24(15-5-14-22)21(25)20-13-8-16-6-3-4-7-19(16)23-20/h3-4,6-13H,2,5,15H2,1H3. The van der Waals surface area contributed by atoms with Crippen LogP contribution in [0.4, 0.5) is 5.69 Å². The number of rotatable bonds is 6. The predicted octanol–water partition coefficient (Wildman–Crippen LogP) is 4.19. The van der Waals surface area contributed by atoms with Crippen molar-refractivity contribution in [1.82, 2.24) is 4.98 Å². The highest BCUT2D eigenvalue weighted by Gasteiger charge is 2.19. The molecule has 0 radical (unpaired) electrons. The molecule has 3 rings (SSSR count). The average Bonchev–Trinajstić information content (AvgIpc) is 2.69. The fraction of sp³-hybridized carbons (Fsp3) is 0.190. The molecule has 3 aromatic rings. The van der Waals surface area contributed by atoms with Gasteiger partial charge in [0, 0.05) is 17.6 Å². The number of ether oxygens (including phenoxy) is 1. The zero-order valence-electron chi connectivity index (χ0n) is 14.6. The Balaban J connectivity index is 1.92. The summed E-state index contributed by atoms with van der Waals surface area (Å²) >= 11 is 0. The first-order valence-electron chi connectivity index (χ1n) is 8.50. The average molecular weight is 345 g/mol. The van der Waals surface area contributed by atoms with Gasteiger partial charge in [0.1, 0.15) is 11.4 Å². The Hall–Kier alpha value is -3.39. The molecule has 0 N–H and O–H groups in total. The summed E-state index contributed by atoms with van der Waals surface area (Å²) < 4.78 is 5.45. The van der Waals surface area contributed by atoms with Crippen LogP contribution in [-0.4, -0.2) is 24.0 Å². The van der Waals surface area contributed by atoms with E-state index in [-0.39, 0.29) is 12.3 Å². The van der Waals surface area contributed by atoms with Crippen molar-refractivity contribution in [2.24, 2.45) is 0 Å². The smallest absolute Gasteiger partial charge is 0.276 e. The molecule has 1 heterocycles. The number of hydrogen-bond acceptors (Lipinski definition) is 4. The highest BCUT2D eigenvalue weighted by atomic mass is 16.5. The number of fused-ring (bicyclic) bond motifs is 1. The number of nitrogens with zero attached hydrogens (tertiary/aromatic N) is 3. The topological polar surface area (TPSA) is 66.2 Å². The lowest BCUT2D eigenvalue weighted by molar-refractivity contribution is 0.0983. The molecule has 26 heavy (non-hydrogen) atoms. The summed E-state index contributed by atoms with van der Waals surface area (Å²) in [5, 5.41) is 9.93. The summed E-state index contributed by atoms with van der Waals surface area (Å²) in [6, 6.07) is 20.6. The number of carbonyl (C=O) groups is 1. The number of nitriles is 1. The lowest BCUT2D eigenvalue weighted by Crippen LogP contribution is -2.32. The van der Waals surface area contributed by atoms with Gasteiger partial charge in [0.2, 0.25) is 0 Å². The van der Waals surface area contributed by atoms with Gasteiger partial charge in [0.05, 0.1) is 24.6 Å². The van der Waals surface area contributed by atoms with Crippen molar-refractivity contribution in [2.75, 3.05) is 18.1 Å². The van der Waals surface area contributed by atoms with E-state index in [2.05, 4.69) is 11.1 Å². The van der Waals surface area contributed by atoms with Crippen LogP contribution in [0.5, 0.6) is 5.75 Å². The van der Waals surface area contributed by atoms with Crippen LogP contribution in [0.15, 0.2) is 60.7 Å². The predicted molar refractivity (Wildman–Crippen MR) is 101 cm³/mol. The summed E-state index contributed by atoms with van der Waals surface area (Å²) in [7, 11) is 0. The molecule has 2 aromatic carbocycles. The second-order valence-corrected chi connectivity index (χ2v) is 5.68. The number of benzene rings is 2. The summed E-state index contributed by atoms with van der Waals surface area (Å²) in [5.41, 5.74) is 1.84. The van der Waals surface area contributed by atoms with E-state index in [0.717, 1.165) is 16.7 Å². The number of amides is 1. The molecule has 0 saturated heterocycles. The Morgan fingerprint density at radius 1 is 1.12 bits per heavy atom. The zero-order chi connectivity index (χ0) is 18.4. The van der Waals surface area contributed by atoms with Gasteiger partial charge >= 0.3 is 0 Å². The molecule has 0 aliphatic heterocycles. The third kappa shape index (κ3) is 3.81. The van der Waals surface area contributed by atoms with E-state index < -0.39 is 0 Å². The van der Waals surface area contributed by atoms with Gasteiger partial charge in [-0.3, -0.25) is 4.79 Å². The molecule has 5 heteroatoms. The van der Waals surface area contributed by atoms with Crippen LogP contribution in [0.2, 0.25) is 0 Å². The summed E-state index contributed by atoms with van der Waals surface area (Å²) in [6.07, 6.45) is 0.243. The highest BCUT2D eigenvalue weighted by molar-refractivity contribution is 6.05. The van der Waals surface area contributed by atoms with E-state index in [1.54, 1.807) is 11.0 Å². The molecule has 0 bridgehead atoms. The number of para-hydroxylation sites is 1. The third-order valence-electron chi connectivity index (χ3n) is 3.97. The molecule has 0 spiro atoms. The molecular formula is C21H19N3O2. The first-order chi connectivity index (χ1) is 12.7. The van der Waals surface area contributed by atoms with Crippen LogP contribution in [0.1, 0.15) is 23.8 Å². The van der Waals surface area contributed by atoms with Crippen molar-refractivity contribution in [3.63, 3.8) is 0 Å². The maximum Gasteiger partial charge on any atom is 0.276 e. The zero-order valence-corrected chi connectivity index (χ0v) is 14.6. The normalized spacial score (nSPS) is 10.3. The molecule has 130 valence electrons. The first kappa shape index (κ1) is 17.4. The van der Waals surface area contributed by atoms with Crippen molar-refractivity contribution >= 4 is 22.5 Å². The van der Waals surface area contributed by atoms with Crippen LogP contribution in [0, 0.1) is 11.3 Å². The molecule has 1 amide bonds. The minimum atomic E-state index is -0.227. The van der Waals surface area contributed by atoms with Gasteiger partial charge in [-0.1, -0.05) is 24.3 Å². The highest BCUT2D eigenvalue weighted by Crippen LogP contribution is 2.22. The van der Waals surface area contributed by atoms with Crippen LogP contribution in [-0.2, 0) is 0 Å². The number of anilines is 1. The second kappa shape index (κ2) is 8.13. The lowest BCUT2D eigenvalue weighted by Gasteiger charge is -2.22. The van der Waals surface area contributed by atoms with E-state index in [1.807, 2.05) is 61.5 Å². The van der Waals surface area contributed by atoms with Crippen LogP contribution < -0.4 is 9.64 Å². The van der Waals surface area contributed by atoms with Gasteiger partial charge in [-0.2, -0.15) is 5.26 Å². The molecule has 0 fully saturated rings. The van der Waals surface area contributed by atoms with Crippen molar-refractivity contribution in [3.8, 4) is 11.8 Å². The van der Waals surface area contributed by atoms with Crippen LogP contribution in [0.3, 0.4) is 0 Å². The quantitative estimate of drug-likeness (QED) is 0.672. The molecule has 1 aromatic heterocycles.